The molecule has 1 fully saturated rings. The van der Waals surface area contributed by atoms with Crippen LogP contribution in [0.25, 0.3) is 0 Å². The predicted octanol–water partition coefficient (Wildman–Crippen LogP) is 14.7. The minimum absolute atomic E-state index is 0.128. The third kappa shape index (κ3) is 39.3. The monoisotopic (exact) mass is 1050 g/mol. The van der Waals surface area contributed by atoms with Crippen molar-refractivity contribution >= 4 is 11.9 Å². The Balaban J connectivity index is 2.62. The molecule has 0 saturated carbocycles. The number of allylic oxidation sites excluding steroid dienone is 5. The molecule has 0 aliphatic carbocycles. The summed E-state index contributed by atoms with van der Waals surface area (Å²) in [6.45, 7) is 5.69. The zero-order valence-electron chi connectivity index (χ0n) is 48.0. The molecule has 1 rings (SSSR count). The number of aliphatic hydroxyl groups excluding tert-OH is 5. The van der Waals surface area contributed by atoms with E-state index >= 15 is 0 Å². The van der Waals surface area contributed by atoms with Gasteiger partial charge < -0.3 is 45.1 Å². The Morgan fingerprint density at radius 2 is 0.973 bits per heavy atom. The molecule has 434 valence electrons. The molecule has 0 aromatic heterocycles. The number of hydrogen-bond donors (Lipinski definition) is 6. The Morgan fingerprint density at radius 3 is 1.45 bits per heavy atom. The standard InChI is InChI=1S/C63H117NO10/c1-4-7-10-13-16-19-22-24-25-26-27-28-29-30-31-33-36-39-42-45-48-51-58(68)74-61-60(70)59(69)57(52-65)73-63(61)72-53-54(55(66)49-46-43-40-37-34-21-18-15-12-9-6-3)64-62(71)56(67)50-47-44-41-38-35-32-23-20-17-14-11-8-5-2/h8,11,17,20,46,49,54-57,59-61,63,65-67,69-70H,4-7,9-10,12-16,18-19,21-45,47-48,50-53H2,1-3H3,(H,64,71)/b11-8+,20-17+,49-46+. The van der Waals surface area contributed by atoms with Crippen LogP contribution in [0.1, 0.15) is 290 Å². The molecule has 8 unspecified atom stereocenters. The predicted molar refractivity (Wildman–Crippen MR) is 306 cm³/mol. The molecule has 0 spiro atoms. The van der Waals surface area contributed by atoms with Crippen molar-refractivity contribution in [3.63, 3.8) is 0 Å². The summed E-state index contributed by atoms with van der Waals surface area (Å²) < 4.78 is 17.6. The number of amides is 1. The number of carbonyl (C=O) groups excluding carboxylic acids is 2. The van der Waals surface area contributed by atoms with Gasteiger partial charge in [0.05, 0.1) is 25.4 Å². The lowest BCUT2D eigenvalue weighted by Crippen LogP contribution is -2.61. The maximum atomic E-state index is 13.4. The highest BCUT2D eigenvalue weighted by Gasteiger charge is 2.47. The normalized spacial score (nSPS) is 19.5. The first-order valence-corrected chi connectivity index (χ1v) is 31.3. The summed E-state index contributed by atoms with van der Waals surface area (Å²) in [7, 11) is 0. The van der Waals surface area contributed by atoms with Gasteiger partial charge in [0.1, 0.15) is 24.4 Å². The second kappa shape index (κ2) is 51.6. The smallest absolute Gasteiger partial charge is 0.306 e. The first-order valence-electron chi connectivity index (χ1n) is 31.3. The van der Waals surface area contributed by atoms with Crippen LogP contribution in [-0.4, -0.2) is 99.6 Å². The van der Waals surface area contributed by atoms with Gasteiger partial charge in [0.15, 0.2) is 12.4 Å². The third-order valence-corrected chi connectivity index (χ3v) is 14.8. The fraction of sp³-hybridized carbons (Fsp3) is 0.873. The van der Waals surface area contributed by atoms with Crippen molar-refractivity contribution in [3.05, 3.63) is 36.5 Å². The molecule has 0 radical (unpaired) electrons. The Kier molecular flexibility index (Phi) is 48.8. The van der Waals surface area contributed by atoms with Crippen molar-refractivity contribution in [1.29, 1.82) is 0 Å². The molecule has 6 N–H and O–H groups in total. The van der Waals surface area contributed by atoms with Crippen LogP contribution in [0.15, 0.2) is 36.5 Å². The fourth-order valence-corrected chi connectivity index (χ4v) is 9.87. The van der Waals surface area contributed by atoms with E-state index in [2.05, 4.69) is 50.4 Å². The number of carbonyl (C=O) groups is 2. The van der Waals surface area contributed by atoms with E-state index in [1.54, 1.807) is 6.08 Å². The third-order valence-electron chi connectivity index (χ3n) is 14.8. The molecule has 0 aromatic rings. The zero-order chi connectivity index (χ0) is 54.0. The molecule has 1 amide bonds. The van der Waals surface area contributed by atoms with Crippen molar-refractivity contribution in [1.82, 2.24) is 5.32 Å². The number of rotatable bonds is 53. The van der Waals surface area contributed by atoms with E-state index in [1.807, 2.05) is 6.08 Å². The van der Waals surface area contributed by atoms with Crippen molar-refractivity contribution in [2.45, 2.75) is 339 Å². The molecule has 11 nitrogen and oxygen atoms in total. The van der Waals surface area contributed by atoms with Crippen LogP contribution >= 0.6 is 0 Å². The minimum atomic E-state index is -1.61. The maximum Gasteiger partial charge on any atom is 0.306 e. The molecular weight excluding hydrogens is 931 g/mol. The van der Waals surface area contributed by atoms with Crippen LogP contribution in [0.4, 0.5) is 0 Å². The Labute approximate surface area is 453 Å². The lowest BCUT2D eigenvalue weighted by Gasteiger charge is -2.41. The van der Waals surface area contributed by atoms with Crippen LogP contribution in [-0.2, 0) is 23.8 Å². The summed E-state index contributed by atoms with van der Waals surface area (Å²) in [5, 5.41) is 56.9. The number of hydrogen-bond acceptors (Lipinski definition) is 10. The summed E-state index contributed by atoms with van der Waals surface area (Å²) in [5.74, 6) is -1.19. The molecular formula is C63H117NO10. The number of aliphatic hydroxyl groups is 5. The van der Waals surface area contributed by atoms with Gasteiger partial charge >= 0.3 is 5.97 Å². The van der Waals surface area contributed by atoms with E-state index in [9.17, 15) is 35.1 Å². The lowest BCUT2D eigenvalue weighted by molar-refractivity contribution is -0.305. The largest absolute Gasteiger partial charge is 0.454 e. The molecule has 1 heterocycles. The van der Waals surface area contributed by atoms with E-state index < -0.39 is 67.4 Å². The summed E-state index contributed by atoms with van der Waals surface area (Å²) in [5.41, 5.74) is 0. The van der Waals surface area contributed by atoms with E-state index in [4.69, 9.17) is 14.2 Å². The molecule has 1 aliphatic rings. The summed E-state index contributed by atoms with van der Waals surface area (Å²) in [6.07, 6.45) is 50.5. The van der Waals surface area contributed by atoms with Crippen LogP contribution in [0.2, 0.25) is 0 Å². The van der Waals surface area contributed by atoms with E-state index in [-0.39, 0.29) is 19.4 Å². The molecule has 74 heavy (non-hydrogen) atoms. The van der Waals surface area contributed by atoms with Crippen LogP contribution < -0.4 is 5.32 Å². The number of unbranched alkanes of at least 4 members (excludes halogenated alkanes) is 35. The van der Waals surface area contributed by atoms with Gasteiger partial charge in [0.2, 0.25) is 5.91 Å². The second-order valence-electron chi connectivity index (χ2n) is 21.8. The van der Waals surface area contributed by atoms with E-state index in [0.29, 0.717) is 12.8 Å². The van der Waals surface area contributed by atoms with Crippen LogP contribution in [0, 0.1) is 0 Å². The second-order valence-corrected chi connectivity index (χ2v) is 21.8. The van der Waals surface area contributed by atoms with E-state index in [1.165, 1.54) is 154 Å². The fourth-order valence-electron chi connectivity index (χ4n) is 9.87. The van der Waals surface area contributed by atoms with Crippen LogP contribution in [0.5, 0.6) is 0 Å². The van der Waals surface area contributed by atoms with E-state index in [0.717, 1.165) is 89.9 Å². The van der Waals surface area contributed by atoms with Gasteiger partial charge in [-0.25, -0.2) is 0 Å². The van der Waals surface area contributed by atoms with Gasteiger partial charge in [-0.3, -0.25) is 9.59 Å². The highest BCUT2D eigenvalue weighted by atomic mass is 16.7. The van der Waals surface area contributed by atoms with Crippen LogP contribution in [0.3, 0.4) is 0 Å². The molecule has 0 bridgehead atoms. The average Bonchev–Trinajstić information content (AvgIpc) is 3.40. The van der Waals surface area contributed by atoms with Gasteiger partial charge in [-0.2, -0.15) is 0 Å². The first kappa shape index (κ1) is 69.9. The van der Waals surface area contributed by atoms with Gasteiger partial charge in [-0.15, -0.1) is 0 Å². The Bertz CT molecular complexity index is 1340. The average molecular weight is 1050 g/mol. The quantitative estimate of drug-likeness (QED) is 0.0195. The summed E-state index contributed by atoms with van der Waals surface area (Å²) >= 11 is 0. The molecule has 1 aliphatic heterocycles. The van der Waals surface area contributed by atoms with Crippen molar-refractivity contribution < 1.29 is 49.3 Å². The molecule has 1 saturated heterocycles. The molecule has 0 aromatic carbocycles. The highest BCUT2D eigenvalue weighted by Crippen LogP contribution is 2.26. The molecule has 8 atom stereocenters. The summed E-state index contributed by atoms with van der Waals surface area (Å²) in [4.78, 5) is 26.5. The maximum absolute atomic E-state index is 13.4. The highest BCUT2D eigenvalue weighted by molar-refractivity contribution is 5.80. The topological polar surface area (TPSA) is 175 Å². The van der Waals surface area contributed by atoms with Crippen molar-refractivity contribution in [3.8, 4) is 0 Å². The number of esters is 1. The van der Waals surface area contributed by atoms with Crippen molar-refractivity contribution in [2.24, 2.45) is 0 Å². The van der Waals surface area contributed by atoms with Gasteiger partial charge in [-0.05, 0) is 51.4 Å². The zero-order valence-corrected chi connectivity index (χ0v) is 48.0. The number of ether oxygens (including phenoxy) is 3. The van der Waals surface area contributed by atoms with Gasteiger partial charge in [0, 0.05) is 6.42 Å². The minimum Gasteiger partial charge on any atom is -0.454 e. The first-order chi connectivity index (χ1) is 36.2. The van der Waals surface area contributed by atoms with Crippen molar-refractivity contribution in [2.75, 3.05) is 13.2 Å². The SMILES string of the molecule is CC/C=C/C/C=C/CCCCCCCCC(O)C(=O)NC(COC1OC(CO)C(O)C(O)C1OC(=O)CCCCCCCCCCCCCCCCCCCCCCC)C(O)/C=C/CCCCCCCCCCC. The summed E-state index contributed by atoms with van der Waals surface area (Å²) in [6, 6.07) is -1.02. The lowest BCUT2D eigenvalue weighted by atomic mass is 9.99. The molecule has 11 heteroatoms. The number of nitrogens with one attached hydrogen (secondary N) is 1. The van der Waals surface area contributed by atoms with Gasteiger partial charge in [-0.1, -0.05) is 269 Å². The van der Waals surface area contributed by atoms with Gasteiger partial charge in [0.25, 0.3) is 0 Å². The Hall–Kier alpha value is -2.12. The Morgan fingerprint density at radius 1 is 0.541 bits per heavy atom.